The van der Waals surface area contributed by atoms with Gasteiger partial charge in [0.2, 0.25) is 0 Å². The van der Waals surface area contributed by atoms with Gasteiger partial charge in [-0.25, -0.2) is 0 Å². The molecule has 0 unspecified atom stereocenters. The first kappa shape index (κ1) is 13.8. The van der Waals surface area contributed by atoms with Gasteiger partial charge in [-0.1, -0.05) is 6.92 Å². The topological polar surface area (TPSA) is 33.7 Å². The third-order valence-electron chi connectivity index (χ3n) is 2.03. The summed E-state index contributed by atoms with van der Waals surface area (Å²) in [6.07, 6.45) is 0. The van der Waals surface area contributed by atoms with Crippen LogP contribution in [0.15, 0.2) is 0 Å². The van der Waals surface area contributed by atoms with Crippen LogP contribution in [-0.2, 0) is 9.47 Å². The lowest BCUT2D eigenvalue weighted by atomic mass is 10.5. The van der Waals surface area contributed by atoms with Crippen LogP contribution in [0.4, 0.5) is 0 Å². The highest BCUT2D eigenvalue weighted by Gasteiger charge is 1.93. The summed E-state index contributed by atoms with van der Waals surface area (Å²) < 4.78 is 10.7. The van der Waals surface area contributed by atoms with E-state index in [2.05, 4.69) is 24.2 Å². The smallest absolute Gasteiger partial charge is 0.0701 e. The molecule has 0 atom stereocenters. The number of hydrogen-bond acceptors (Lipinski definition) is 4. The first-order valence-electron chi connectivity index (χ1n) is 5.30. The molecule has 0 aliphatic rings. The SMILES string of the molecule is CCN(C)CCOCCOCCNC. The van der Waals surface area contributed by atoms with E-state index < -0.39 is 0 Å². The molecule has 0 saturated heterocycles. The zero-order valence-electron chi connectivity index (χ0n) is 9.71. The van der Waals surface area contributed by atoms with Gasteiger partial charge >= 0.3 is 0 Å². The van der Waals surface area contributed by atoms with Crippen LogP contribution in [0.5, 0.6) is 0 Å². The van der Waals surface area contributed by atoms with E-state index >= 15 is 0 Å². The largest absolute Gasteiger partial charge is 0.378 e. The maximum Gasteiger partial charge on any atom is 0.0701 e. The second kappa shape index (κ2) is 10.9. The lowest BCUT2D eigenvalue weighted by Gasteiger charge is -2.13. The van der Waals surface area contributed by atoms with E-state index in [1.165, 1.54) is 0 Å². The fourth-order valence-corrected chi connectivity index (χ4v) is 0.875. The summed E-state index contributed by atoms with van der Waals surface area (Å²) in [4.78, 5) is 2.22. The second-order valence-electron chi connectivity index (χ2n) is 3.22. The summed E-state index contributed by atoms with van der Waals surface area (Å²) >= 11 is 0. The van der Waals surface area contributed by atoms with Crippen molar-refractivity contribution >= 4 is 0 Å². The minimum absolute atomic E-state index is 0.692. The van der Waals surface area contributed by atoms with Gasteiger partial charge in [0, 0.05) is 13.1 Å². The maximum absolute atomic E-state index is 5.40. The summed E-state index contributed by atoms with van der Waals surface area (Å²) in [6.45, 7) is 8.04. The molecule has 86 valence electrons. The molecule has 0 aliphatic carbocycles. The quantitative estimate of drug-likeness (QED) is 0.515. The third kappa shape index (κ3) is 9.92. The maximum atomic E-state index is 5.40. The van der Waals surface area contributed by atoms with Crippen LogP contribution >= 0.6 is 0 Å². The van der Waals surface area contributed by atoms with Crippen LogP contribution in [0.1, 0.15) is 6.92 Å². The Hall–Kier alpha value is -0.160. The van der Waals surface area contributed by atoms with Crippen LogP contribution in [-0.4, -0.2) is 65.1 Å². The van der Waals surface area contributed by atoms with Gasteiger partial charge in [0.1, 0.15) is 0 Å². The summed E-state index contributed by atoms with van der Waals surface area (Å²) in [5.41, 5.74) is 0. The van der Waals surface area contributed by atoms with Gasteiger partial charge < -0.3 is 19.7 Å². The van der Waals surface area contributed by atoms with Crippen molar-refractivity contribution in [3.63, 3.8) is 0 Å². The van der Waals surface area contributed by atoms with E-state index in [0.717, 1.165) is 32.8 Å². The molecule has 0 aliphatic heterocycles. The van der Waals surface area contributed by atoms with E-state index in [0.29, 0.717) is 13.2 Å². The number of nitrogens with one attached hydrogen (secondary N) is 1. The zero-order valence-corrected chi connectivity index (χ0v) is 9.71. The average molecular weight is 204 g/mol. The highest BCUT2D eigenvalue weighted by atomic mass is 16.5. The molecule has 1 N–H and O–H groups in total. The van der Waals surface area contributed by atoms with Crippen molar-refractivity contribution in [3.05, 3.63) is 0 Å². The minimum Gasteiger partial charge on any atom is -0.378 e. The van der Waals surface area contributed by atoms with Crippen molar-refractivity contribution < 1.29 is 9.47 Å². The normalized spacial score (nSPS) is 11.1. The number of hydrogen-bond donors (Lipinski definition) is 1. The Balaban J connectivity index is 2.92. The molecule has 0 saturated carbocycles. The molecule has 0 aromatic heterocycles. The fraction of sp³-hybridized carbons (Fsp3) is 1.00. The molecule has 0 heterocycles. The van der Waals surface area contributed by atoms with E-state index in [9.17, 15) is 0 Å². The molecular formula is C10H24N2O2. The first-order valence-corrected chi connectivity index (χ1v) is 5.30. The summed E-state index contributed by atoms with van der Waals surface area (Å²) in [5.74, 6) is 0. The predicted molar refractivity (Wildman–Crippen MR) is 58.7 cm³/mol. The summed E-state index contributed by atoms with van der Waals surface area (Å²) in [6, 6.07) is 0. The van der Waals surface area contributed by atoms with Crippen molar-refractivity contribution in [2.75, 3.05) is 60.2 Å². The number of rotatable bonds is 10. The van der Waals surface area contributed by atoms with Crippen molar-refractivity contribution in [1.29, 1.82) is 0 Å². The number of ether oxygens (including phenoxy) is 2. The van der Waals surface area contributed by atoms with E-state index in [1.54, 1.807) is 0 Å². The summed E-state index contributed by atoms with van der Waals surface area (Å²) in [5, 5.41) is 3.02. The molecule has 0 spiro atoms. The van der Waals surface area contributed by atoms with E-state index in [-0.39, 0.29) is 0 Å². The standard InChI is InChI=1S/C10H24N2O2/c1-4-12(3)6-8-14-10-9-13-7-5-11-2/h11H,4-10H2,1-3H3. The van der Waals surface area contributed by atoms with Gasteiger partial charge in [-0.05, 0) is 20.6 Å². The van der Waals surface area contributed by atoms with Crippen LogP contribution in [0, 0.1) is 0 Å². The lowest BCUT2D eigenvalue weighted by molar-refractivity contribution is 0.0427. The Morgan fingerprint density at radius 2 is 1.71 bits per heavy atom. The van der Waals surface area contributed by atoms with Crippen molar-refractivity contribution in [1.82, 2.24) is 10.2 Å². The summed E-state index contributed by atoms with van der Waals surface area (Å²) in [7, 11) is 4.01. The molecule has 4 heteroatoms. The van der Waals surface area contributed by atoms with Gasteiger partial charge in [-0.2, -0.15) is 0 Å². The highest BCUT2D eigenvalue weighted by molar-refractivity contribution is 4.45. The number of nitrogens with zero attached hydrogens (tertiary/aromatic N) is 1. The van der Waals surface area contributed by atoms with Crippen LogP contribution < -0.4 is 5.32 Å². The van der Waals surface area contributed by atoms with Crippen molar-refractivity contribution in [3.8, 4) is 0 Å². The fourth-order valence-electron chi connectivity index (χ4n) is 0.875. The first-order chi connectivity index (χ1) is 6.81. The monoisotopic (exact) mass is 204 g/mol. The van der Waals surface area contributed by atoms with Gasteiger partial charge in [0.05, 0.1) is 26.4 Å². The van der Waals surface area contributed by atoms with Gasteiger partial charge in [0.15, 0.2) is 0 Å². The Labute approximate surface area is 87.6 Å². The van der Waals surface area contributed by atoms with Crippen LogP contribution in [0.2, 0.25) is 0 Å². The lowest BCUT2D eigenvalue weighted by Crippen LogP contribution is -2.23. The Morgan fingerprint density at radius 1 is 1.07 bits per heavy atom. The molecule has 0 radical (unpaired) electrons. The molecule has 0 rings (SSSR count). The van der Waals surface area contributed by atoms with Crippen molar-refractivity contribution in [2.24, 2.45) is 0 Å². The Morgan fingerprint density at radius 3 is 2.29 bits per heavy atom. The van der Waals surface area contributed by atoms with Crippen LogP contribution in [0.3, 0.4) is 0 Å². The predicted octanol–water partition coefficient (Wildman–Crippen LogP) is 0.191. The molecule has 4 nitrogen and oxygen atoms in total. The van der Waals surface area contributed by atoms with Gasteiger partial charge in [-0.3, -0.25) is 0 Å². The third-order valence-corrected chi connectivity index (χ3v) is 2.03. The van der Waals surface area contributed by atoms with Gasteiger partial charge in [-0.15, -0.1) is 0 Å². The van der Waals surface area contributed by atoms with Gasteiger partial charge in [0.25, 0.3) is 0 Å². The molecule has 0 aromatic carbocycles. The number of likely N-dealkylation sites (N-methyl/N-ethyl adjacent to an activating group) is 2. The average Bonchev–Trinajstić information content (AvgIpc) is 2.21. The Kier molecular flexibility index (Phi) is 10.8. The van der Waals surface area contributed by atoms with E-state index in [4.69, 9.17) is 9.47 Å². The Bertz CT molecular complexity index is 112. The zero-order chi connectivity index (χ0) is 10.6. The molecule has 0 amide bonds. The molecule has 0 fully saturated rings. The molecule has 0 bridgehead atoms. The van der Waals surface area contributed by atoms with E-state index in [1.807, 2.05) is 7.05 Å². The molecular weight excluding hydrogens is 180 g/mol. The van der Waals surface area contributed by atoms with Crippen molar-refractivity contribution in [2.45, 2.75) is 6.92 Å². The van der Waals surface area contributed by atoms with Crippen LogP contribution in [0.25, 0.3) is 0 Å². The molecule has 0 aromatic rings. The highest BCUT2D eigenvalue weighted by Crippen LogP contribution is 1.83. The second-order valence-corrected chi connectivity index (χ2v) is 3.22. The minimum atomic E-state index is 0.692. The molecule has 14 heavy (non-hydrogen) atoms.